The third-order valence-electron chi connectivity index (χ3n) is 2.97. The lowest BCUT2D eigenvalue weighted by Crippen LogP contribution is -2.30. The van der Waals surface area contributed by atoms with Crippen LogP contribution in [0.5, 0.6) is 0 Å². The molecular weight excluding hydrogens is 200 g/mol. The molecule has 4 heteroatoms. The van der Waals surface area contributed by atoms with E-state index in [2.05, 4.69) is 28.7 Å². The summed E-state index contributed by atoms with van der Waals surface area (Å²) in [7, 11) is 2.04. The van der Waals surface area contributed by atoms with Gasteiger partial charge in [0, 0.05) is 37.1 Å². The van der Waals surface area contributed by atoms with Gasteiger partial charge in [-0.05, 0) is 20.3 Å². The van der Waals surface area contributed by atoms with Crippen molar-refractivity contribution in [2.45, 2.75) is 46.2 Å². The zero-order valence-electron chi connectivity index (χ0n) is 10.7. The monoisotopic (exact) mass is 222 g/mol. The van der Waals surface area contributed by atoms with Crippen LogP contribution in [0, 0.1) is 6.92 Å². The lowest BCUT2D eigenvalue weighted by atomic mass is 10.2. The molecule has 1 aromatic rings. The highest BCUT2D eigenvalue weighted by Crippen LogP contribution is 2.14. The van der Waals surface area contributed by atoms with Crippen molar-refractivity contribution in [2.75, 3.05) is 11.9 Å². The zero-order chi connectivity index (χ0) is 12.1. The number of hydrogen-bond donors (Lipinski definition) is 1. The van der Waals surface area contributed by atoms with Gasteiger partial charge in [0.15, 0.2) is 0 Å². The summed E-state index contributed by atoms with van der Waals surface area (Å²) < 4.78 is 0. The second-order valence-electron chi connectivity index (χ2n) is 4.23. The average Bonchev–Trinajstić information content (AvgIpc) is 2.28. The lowest BCUT2D eigenvalue weighted by molar-refractivity contribution is 0.604. The van der Waals surface area contributed by atoms with Crippen molar-refractivity contribution >= 4 is 5.95 Å². The first-order chi connectivity index (χ1) is 7.60. The summed E-state index contributed by atoms with van der Waals surface area (Å²) in [5.41, 5.74) is 7.58. The maximum absolute atomic E-state index is 5.59. The van der Waals surface area contributed by atoms with Gasteiger partial charge < -0.3 is 10.6 Å². The van der Waals surface area contributed by atoms with E-state index >= 15 is 0 Å². The fraction of sp³-hybridized carbons (Fsp3) is 0.667. The number of aryl methyl sites for hydroxylation is 1. The SMILES string of the molecule is CCCC(C)N(C)c1ncc(CN)c(C)n1. The molecule has 90 valence electrons. The van der Waals surface area contributed by atoms with Crippen LogP contribution in [0.3, 0.4) is 0 Å². The number of aromatic nitrogens is 2. The Morgan fingerprint density at radius 1 is 1.50 bits per heavy atom. The van der Waals surface area contributed by atoms with E-state index in [1.54, 1.807) is 0 Å². The maximum Gasteiger partial charge on any atom is 0.225 e. The Labute approximate surface area is 97.9 Å². The maximum atomic E-state index is 5.59. The Kier molecular flexibility index (Phi) is 4.68. The van der Waals surface area contributed by atoms with Crippen molar-refractivity contribution in [3.05, 3.63) is 17.5 Å². The van der Waals surface area contributed by atoms with Gasteiger partial charge in [-0.15, -0.1) is 0 Å². The fourth-order valence-corrected chi connectivity index (χ4v) is 1.66. The summed E-state index contributed by atoms with van der Waals surface area (Å²) in [6.45, 7) is 6.86. The molecule has 16 heavy (non-hydrogen) atoms. The van der Waals surface area contributed by atoms with Crippen LogP contribution in [-0.2, 0) is 6.54 Å². The van der Waals surface area contributed by atoms with E-state index in [1.807, 2.05) is 20.2 Å². The summed E-state index contributed by atoms with van der Waals surface area (Å²) in [6, 6.07) is 0.466. The highest BCUT2D eigenvalue weighted by molar-refractivity contribution is 5.32. The number of hydrogen-bond acceptors (Lipinski definition) is 4. The van der Waals surface area contributed by atoms with Crippen molar-refractivity contribution in [2.24, 2.45) is 5.73 Å². The minimum Gasteiger partial charge on any atom is -0.341 e. The smallest absolute Gasteiger partial charge is 0.225 e. The summed E-state index contributed by atoms with van der Waals surface area (Å²) in [5.74, 6) is 0.788. The van der Waals surface area contributed by atoms with Crippen molar-refractivity contribution in [3.8, 4) is 0 Å². The predicted octanol–water partition coefficient (Wildman–Crippen LogP) is 1.87. The summed E-state index contributed by atoms with van der Waals surface area (Å²) >= 11 is 0. The van der Waals surface area contributed by atoms with Gasteiger partial charge in [-0.2, -0.15) is 0 Å². The molecule has 0 saturated carbocycles. The first kappa shape index (κ1) is 12.9. The molecule has 1 rings (SSSR count). The van der Waals surface area contributed by atoms with Gasteiger partial charge in [0.25, 0.3) is 0 Å². The summed E-state index contributed by atoms with van der Waals surface area (Å²) in [6.07, 6.45) is 4.15. The van der Waals surface area contributed by atoms with E-state index in [0.717, 1.165) is 23.6 Å². The molecule has 0 bridgehead atoms. The Morgan fingerprint density at radius 2 is 2.19 bits per heavy atom. The highest BCUT2D eigenvalue weighted by atomic mass is 15.2. The molecule has 1 aromatic heterocycles. The first-order valence-electron chi connectivity index (χ1n) is 5.85. The minimum atomic E-state index is 0.466. The van der Waals surface area contributed by atoms with Gasteiger partial charge in [0.1, 0.15) is 0 Å². The van der Waals surface area contributed by atoms with E-state index in [1.165, 1.54) is 6.42 Å². The molecule has 4 nitrogen and oxygen atoms in total. The molecule has 0 spiro atoms. The van der Waals surface area contributed by atoms with Crippen LogP contribution in [0.4, 0.5) is 5.95 Å². The Hall–Kier alpha value is -1.16. The van der Waals surface area contributed by atoms with Gasteiger partial charge >= 0.3 is 0 Å². The van der Waals surface area contributed by atoms with Crippen molar-refractivity contribution in [1.29, 1.82) is 0 Å². The molecule has 1 atom stereocenters. The van der Waals surface area contributed by atoms with Crippen molar-refractivity contribution < 1.29 is 0 Å². The van der Waals surface area contributed by atoms with Gasteiger partial charge in [-0.1, -0.05) is 13.3 Å². The summed E-state index contributed by atoms with van der Waals surface area (Å²) in [5, 5.41) is 0. The van der Waals surface area contributed by atoms with E-state index in [4.69, 9.17) is 5.73 Å². The fourth-order valence-electron chi connectivity index (χ4n) is 1.66. The van der Waals surface area contributed by atoms with Crippen molar-refractivity contribution in [1.82, 2.24) is 9.97 Å². The van der Waals surface area contributed by atoms with Gasteiger partial charge in [-0.3, -0.25) is 0 Å². The molecule has 0 aliphatic carbocycles. The van der Waals surface area contributed by atoms with Crippen LogP contribution in [0.2, 0.25) is 0 Å². The Bertz CT molecular complexity index is 338. The average molecular weight is 222 g/mol. The van der Waals surface area contributed by atoms with E-state index < -0.39 is 0 Å². The first-order valence-corrected chi connectivity index (χ1v) is 5.85. The molecular formula is C12H22N4. The quantitative estimate of drug-likeness (QED) is 0.826. The molecule has 0 amide bonds. The van der Waals surface area contributed by atoms with E-state index in [-0.39, 0.29) is 0 Å². The molecule has 2 N–H and O–H groups in total. The minimum absolute atomic E-state index is 0.466. The van der Waals surface area contributed by atoms with Crippen molar-refractivity contribution in [3.63, 3.8) is 0 Å². The van der Waals surface area contributed by atoms with Crippen LogP contribution < -0.4 is 10.6 Å². The molecule has 0 aliphatic rings. The van der Waals surface area contributed by atoms with Crippen LogP contribution in [-0.4, -0.2) is 23.1 Å². The third-order valence-corrected chi connectivity index (χ3v) is 2.97. The molecule has 0 aliphatic heterocycles. The Balaban J connectivity index is 2.84. The number of anilines is 1. The molecule has 0 radical (unpaired) electrons. The van der Waals surface area contributed by atoms with Gasteiger partial charge in [0.2, 0.25) is 5.95 Å². The van der Waals surface area contributed by atoms with Crippen LogP contribution in [0.1, 0.15) is 37.9 Å². The Morgan fingerprint density at radius 3 is 2.69 bits per heavy atom. The number of rotatable bonds is 5. The third kappa shape index (κ3) is 2.92. The van der Waals surface area contributed by atoms with E-state index in [9.17, 15) is 0 Å². The standard InChI is InChI=1S/C12H22N4/c1-5-6-9(2)16(4)12-14-8-11(7-13)10(3)15-12/h8-9H,5-7,13H2,1-4H3. The second kappa shape index (κ2) is 5.80. The molecule has 0 aromatic carbocycles. The molecule has 1 unspecified atom stereocenters. The largest absolute Gasteiger partial charge is 0.341 e. The predicted molar refractivity (Wildman–Crippen MR) is 67.4 cm³/mol. The molecule has 1 heterocycles. The molecule has 0 saturated heterocycles. The normalized spacial score (nSPS) is 12.6. The second-order valence-corrected chi connectivity index (χ2v) is 4.23. The number of nitrogens with two attached hydrogens (primary N) is 1. The van der Waals surface area contributed by atoms with Crippen LogP contribution in [0.25, 0.3) is 0 Å². The number of nitrogens with zero attached hydrogens (tertiary/aromatic N) is 3. The van der Waals surface area contributed by atoms with E-state index in [0.29, 0.717) is 12.6 Å². The van der Waals surface area contributed by atoms with Gasteiger partial charge in [-0.25, -0.2) is 9.97 Å². The van der Waals surface area contributed by atoms with Crippen LogP contribution >= 0.6 is 0 Å². The summed E-state index contributed by atoms with van der Waals surface area (Å²) in [4.78, 5) is 11.0. The topological polar surface area (TPSA) is 55.0 Å². The lowest BCUT2D eigenvalue weighted by Gasteiger charge is -2.24. The molecule has 0 fully saturated rings. The van der Waals surface area contributed by atoms with Crippen LogP contribution in [0.15, 0.2) is 6.20 Å². The van der Waals surface area contributed by atoms with Gasteiger partial charge in [0.05, 0.1) is 0 Å². The zero-order valence-corrected chi connectivity index (χ0v) is 10.7. The highest BCUT2D eigenvalue weighted by Gasteiger charge is 2.12.